The fourth-order valence-electron chi connectivity index (χ4n) is 5.12. The number of aliphatic carboxylic acids is 1. The first kappa shape index (κ1) is 23.8. The van der Waals surface area contributed by atoms with Gasteiger partial charge in [0.15, 0.2) is 0 Å². The van der Waals surface area contributed by atoms with Gasteiger partial charge in [0.1, 0.15) is 6.61 Å². The molecule has 0 radical (unpaired) electrons. The van der Waals surface area contributed by atoms with Crippen molar-refractivity contribution in [3.63, 3.8) is 0 Å². The molecular weight excluding hydrogens is 436 g/mol. The molecule has 2 amide bonds. The number of nitrogens with one attached hydrogen (secondary N) is 2. The second kappa shape index (κ2) is 10.3. The van der Waals surface area contributed by atoms with Gasteiger partial charge >= 0.3 is 12.1 Å². The van der Waals surface area contributed by atoms with Crippen LogP contribution in [-0.2, 0) is 14.3 Å². The predicted octanol–water partition coefficient (Wildman–Crippen LogP) is 3.18. The number of hydrogen-bond acceptors (Lipinski definition) is 5. The molecule has 2 aromatic rings. The number of carboxylic acid groups (broad SMARTS) is 1. The minimum absolute atomic E-state index is 0.0447. The third-order valence-electron chi connectivity index (χ3n) is 6.72. The topological polar surface area (TPSA) is 125 Å². The zero-order chi connectivity index (χ0) is 24.1. The Morgan fingerprint density at radius 1 is 1.00 bits per heavy atom. The summed E-state index contributed by atoms with van der Waals surface area (Å²) in [6, 6.07) is 16.2. The average molecular weight is 467 g/mol. The molecule has 1 saturated carbocycles. The summed E-state index contributed by atoms with van der Waals surface area (Å²) in [5.41, 5.74) is 3.87. The molecule has 2 aliphatic carbocycles. The zero-order valence-corrected chi connectivity index (χ0v) is 19.0. The zero-order valence-electron chi connectivity index (χ0n) is 19.0. The van der Waals surface area contributed by atoms with Gasteiger partial charge < -0.3 is 25.6 Å². The summed E-state index contributed by atoms with van der Waals surface area (Å²) >= 11 is 0. The number of rotatable bonds is 9. The van der Waals surface area contributed by atoms with E-state index >= 15 is 0 Å². The van der Waals surface area contributed by atoms with Gasteiger partial charge in [-0.15, -0.1) is 0 Å². The number of benzene rings is 2. The van der Waals surface area contributed by atoms with Gasteiger partial charge in [-0.1, -0.05) is 61.4 Å². The summed E-state index contributed by atoms with van der Waals surface area (Å²) in [6.07, 6.45) is 0.987. The number of amides is 2. The van der Waals surface area contributed by atoms with Crippen LogP contribution in [0.1, 0.15) is 55.6 Å². The number of alkyl carbamates (subject to hydrolysis) is 1. The van der Waals surface area contributed by atoms with E-state index in [2.05, 4.69) is 34.9 Å². The minimum atomic E-state index is -1.16. The molecule has 0 saturated heterocycles. The third kappa shape index (κ3) is 5.39. The maximum absolute atomic E-state index is 12.8. The van der Waals surface area contributed by atoms with Crippen LogP contribution in [-0.4, -0.2) is 53.0 Å². The van der Waals surface area contributed by atoms with Crippen molar-refractivity contribution < 1.29 is 29.3 Å². The normalized spacial score (nSPS) is 16.9. The molecular formula is C26H30N2O6. The molecule has 4 rings (SSSR count). The second-order valence-corrected chi connectivity index (χ2v) is 9.17. The first-order valence-electron chi connectivity index (χ1n) is 11.7. The lowest BCUT2D eigenvalue weighted by Crippen LogP contribution is -2.50. The van der Waals surface area contributed by atoms with Gasteiger partial charge in [0, 0.05) is 18.9 Å². The summed E-state index contributed by atoms with van der Waals surface area (Å²) in [4.78, 5) is 35.9. The summed E-state index contributed by atoms with van der Waals surface area (Å²) < 4.78 is 5.66. The van der Waals surface area contributed by atoms with E-state index in [1.54, 1.807) is 0 Å². The molecule has 2 aromatic carbocycles. The van der Waals surface area contributed by atoms with Gasteiger partial charge in [-0.2, -0.15) is 0 Å². The van der Waals surface area contributed by atoms with Crippen molar-refractivity contribution >= 4 is 18.0 Å². The number of aliphatic hydroxyl groups is 1. The molecule has 0 aromatic heterocycles. The molecule has 0 aliphatic heterocycles. The number of ether oxygens (including phenoxy) is 1. The lowest BCUT2D eigenvalue weighted by Gasteiger charge is -2.29. The summed E-state index contributed by atoms with van der Waals surface area (Å²) in [6.45, 7) is 0.0513. The van der Waals surface area contributed by atoms with Crippen LogP contribution in [0, 0.1) is 0 Å². The molecule has 4 N–H and O–H groups in total. The number of aliphatic hydroxyl groups excluding tert-OH is 1. The van der Waals surface area contributed by atoms with E-state index in [1.807, 2.05) is 24.3 Å². The monoisotopic (exact) mass is 466 g/mol. The fraction of sp³-hybridized carbons (Fsp3) is 0.423. The molecule has 1 atom stereocenters. The Morgan fingerprint density at radius 3 is 2.18 bits per heavy atom. The van der Waals surface area contributed by atoms with Crippen molar-refractivity contribution in [2.45, 2.75) is 56.1 Å². The van der Waals surface area contributed by atoms with Crippen LogP contribution in [0.4, 0.5) is 4.79 Å². The van der Waals surface area contributed by atoms with Crippen molar-refractivity contribution in [1.82, 2.24) is 10.6 Å². The molecule has 8 nitrogen and oxygen atoms in total. The summed E-state index contributed by atoms with van der Waals surface area (Å²) in [5, 5.41) is 23.9. The molecule has 0 spiro atoms. The fourth-order valence-corrected chi connectivity index (χ4v) is 5.12. The van der Waals surface area contributed by atoms with Crippen LogP contribution in [0.5, 0.6) is 0 Å². The van der Waals surface area contributed by atoms with Crippen molar-refractivity contribution in [2.75, 3.05) is 13.2 Å². The van der Waals surface area contributed by atoms with E-state index in [4.69, 9.17) is 9.84 Å². The first-order valence-corrected chi connectivity index (χ1v) is 11.7. The van der Waals surface area contributed by atoms with Gasteiger partial charge in [-0.3, -0.25) is 9.59 Å². The highest BCUT2D eigenvalue weighted by atomic mass is 16.5. The van der Waals surface area contributed by atoms with Crippen LogP contribution in [0.15, 0.2) is 48.5 Å². The molecule has 34 heavy (non-hydrogen) atoms. The molecule has 2 aliphatic rings. The van der Waals surface area contributed by atoms with Crippen molar-refractivity contribution in [3.05, 3.63) is 59.7 Å². The highest BCUT2D eigenvalue weighted by Crippen LogP contribution is 2.44. The Balaban J connectivity index is 1.35. The van der Waals surface area contributed by atoms with Gasteiger partial charge in [-0.05, 0) is 35.1 Å². The van der Waals surface area contributed by atoms with E-state index in [0.717, 1.165) is 35.1 Å². The smallest absolute Gasteiger partial charge is 0.407 e. The maximum atomic E-state index is 12.8. The second-order valence-electron chi connectivity index (χ2n) is 9.17. The van der Waals surface area contributed by atoms with E-state index in [-0.39, 0.29) is 31.4 Å². The third-order valence-corrected chi connectivity index (χ3v) is 6.72. The van der Waals surface area contributed by atoms with Crippen LogP contribution in [0.25, 0.3) is 11.1 Å². The number of carboxylic acids is 1. The Hall–Kier alpha value is -3.39. The maximum Gasteiger partial charge on any atom is 0.407 e. The Kier molecular flexibility index (Phi) is 7.17. The van der Waals surface area contributed by atoms with Crippen LogP contribution >= 0.6 is 0 Å². The van der Waals surface area contributed by atoms with Crippen LogP contribution < -0.4 is 10.6 Å². The standard InChI is InChI=1S/C26H30N2O6/c29-17(13-24(31)32)15-27-23(30)14-26(11-5-6-12-26)28-25(33)34-16-22-20-9-3-1-7-18(20)19-8-2-4-10-21(19)22/h1-4,7-10,17,22,29H,5-6,11-16H2,(H,27,30)(H,28,33)(H,31,32). The van der Waals surface area contributed by atoms with Crippen molar-refractivity contribution in [3.8, 4) is 11.1 Å². The first-order chi connectivity index (χ1) is 16.4. The molecule has 8 heteroatoms. The molecule has 1 unspecified atom stereocenters. The molecule has 1 fully saturated rings. The Morgan fingerprint density at radius 2 is 1.59 bits per heavy atom. The Labute approximate surface area is 198 Å². The van der Waals surface area contributed by atoms with Gasteiger partial charge in [0.25, 0.3) is 0 Å². The van der Waals surface area contributed by atoms with E-state index in [9.17, 15) is 19.5 Å². The van der Waals surface area contributed by atoms with E-state index in [1.165, 1.54) is 0 Å². The van der Waals surface area contributed by atoms with Crippen LogP contribution in [0.3, 0.4) is 0 Å². The lowest BCUT2D eigenvalue weighted by atomic mass is 9.93. The Bertz CT molecular complexity index is 1020. The summed E-state index contributed by atoms with van der Waals surface area (Å²) in [7, 11) is 0. The SMILES string of the molecule is O=C(O)CC(O)CNC(=O)CC1(NC(=O)OCC2c3ccccc3-c3ccccc32)CCCC1. The summed E-state index contributed by atoms with van der Waals surface area (Å²) in [5.74, 6) is -1.52. The molecule has 0 bridgehead atoms. The molecule has 180 valence electrons. The highest BCUT2D eigenvalue weighted by molar-refractivity contribution is 5.80. The van der Waals surface area contributed by atoms with Gasteiger partial charge in [0.05, 0.1) is 18.1 Å². The van der Waals surface area contributed by atoms with Gasteiger partial charge in [0.2, 0.25) is 5.91 Å². The number of carbonyl (C=O) groups is 3. The van der Waals surface area contributed by atoms with Crippen molar-refractivity contribution in [2.24, 2.45) is 0 Å². The number of carbonyl (C=O) groups excluding carboxylic acids is 2. The van der Waals surface area contributed by atoms with Crippen molar-refractivity contribution in [1.29, 1.82) is 0 Å². The largest absolute Gasteiger partial charge is 0.481 e. The lowest BCUT2D eigenvalue weighted by molar-refractivity contribution is -0.139. The quantitative estimate of drug-likeness (QED) is 0.450. The average Bonchev–Trinajstić information content (AvgIpc) is 3.38. The van der Waals surface area contributed by atoms with Gasteiger partial charge in [-0.25, -0.2) is 4.79 Å². The highest BCUT2D eigenvalue weighted by Gasteiger charge is 2.38. The van der Waals surface area contributed by atoms with E-state index < -0.39 is 30.1 Å². The van der Waals surface area contributed by atoms with E-state index in [0.29, 0.717) is 12.8 Å². The minimum Gasteiger partial charge on any atom is -0.481 e. The molecule has 0 heterocycles. The number of fused-ring (bicyclic) bond motifs is 3. The van der Waals surface area contributed by atoms with Crippen LogP contribution in [0.2, 0.25) is 0 Å². The predicted molar refractivity (Wildman–Crippen MR) is 125 cm³/mol. The number of hydrogen-bond donors (Lipinski definition) is 4.